The van der Waals surface area contributed by atoms with Crippen LogP contribution in [0.5, 0.6) is 5.75 Å². The molecule has 0 atom stereocenters. The summed E-state index contributed by atoms with van der Waals surface area (Å²) in [6.45, 7) is 1.34. The van der Waals surface area contributed by atoms with Gasteiger partial charge in [-0.05, 0) is 42.3 Å². The van der Waals surface area contributed by atoms with Gasteiger partial charge in [-0.2, -0.15) is 0 Å². The van der Waals surface area contributed by atoms with Crippen LogP contribution in [0.3, 0.4) is 0 Å². The van der Waals surface area contributed by atoms with Gasteiger partial charge < -0.3 is 14.4 Å². The minimum Gasteiger partial charge on any atom is -0.489 e. The fourth-order valence-electron chi connectivity index (χ4n) is 2.10. The van der Waals surface area contributed by atoms with E-state index < -0.39 is 0 Å². The summed E-state index contributed by atoms with van der Waals surface area (Å²) in [7, 11) is 1.90. The molecule has 2 aromatic carbocycles. The van der Waals surface area contributed by atoms with Gasteiger partial charge in [0.2, 0.25) is 0 Å². The molecule has 1 N–H and O–H groups in total. The van der Waals surface area contributed by atoms with E-state index in [0.29, 0.717) is 12.4 Å². The number of nitrogens with one attached hydrogen (secondary N) is 1. The molecule has 1 heterocycles. The molecule has 0 saturated heterocycles. The van der Waals surface area contributed by atoms with Crippen LogP contribution in [0.15, 0.2) is 47.4 Å². The van der Waals surface area contributed by atoms with Crippen molar-refractivity contribution in [1.29, 1.82) is 0 Å². The Labute approximate surface area is 121 Å². The first-order valence-electron chi connectivity index (χ1n) is 6.42. The van der Waals surface area contributed by atoms with Crippen molar-refractivity contribution in [2.45, 2.75) is 4.90 Å². The van der Waals surface area contributed by atoms with E-state index in [-0.39, 0.29) is 5.82 Å². The Bertz CT molecular complexity index is 621. The van der Waals surface area contributed by atoms with Crippen molar-refractivity contribution in [3.8, 4) is 5.75 Å². The van der Waals surface area contributed by atoms with Crippen LogP contribution in [-0.4, -0.2) is 20.2 Å². The summed E-state index contributed by atoms with van der Waals surface area (Å²) in [4.78, 5) is 1.13. The lowest BCUT2D eigenvalue weighted by atomic mass is 10.2. The number of ether oxygens (including phenoxy) is 1. The van der Waals surface area contributed by atoms with E-state index in [0.717, 1.165) is 22.8 Å². The van der Waals surface area contributed by atoms with Crippen LogP contribution in [0.2, 0.25) is 0 Å². The predicted octanol–water partition coefficient (Wildman–Crippen LogP) is 3.77. The summed E-state index contributed by atoms with van der Waals surface area (Å²) in [6, 6.07) is 12.8. The molecule has 0 saturated carbocycles. The van der Waals surface area contributed by atoms with Crippen LogP contribution >= 0.6 is 11.9 Å². The van der Waals surface area contributed by atoms with Crippen molar-refractivity contribution in [3.05, 3.63) is 48.3 Å². The van der Waals surface area contributed by atoms with Gasteiger partial charge in [-0.3, -0.25) is 0 Å². The van der Waals surface area contributed by atoms with Crippen molar-refractivity contribution in [3.63, 3.8) is 0 Å². The first kappa shape index (κ1) is 13.1. The van der Waals surface area contributed by atoms with Crippen molar-refractivity contribution in [2.75, 3.05) is 29.8 Å². The molecule has 1 aliphatic heterocycles. The van der Waals surface area contributed by atoms with Gasteiger partial charge in [0.1, 0.15) is 18.2 Å². The highest BCUT2D eigenvalue weighted by atomic mass is 32.2. The molecule has 5 heteroatoms. The Morgan fingerprint density at radius 1 is 1.25 bits per heavy atom. The fraction of sp³-hybridized carbons (Fsp3) is 0.200. The molecule has 0 amide bonds. The van der Waals surface area contributed by atoms with E-state index in [1.807, 2.05) is 19.2 Å². The van der Waals surface area contributed by atoms with E-state index in [4.69, 9.17) is 4.74 Å². The predicted molar refractivity (Wildman–Crippen MR) is 81.1 cm³/mol. The van der Waals surface area contributed by atoms with Crippen LogP contribution in [-0.2, 0) is 0 Å². The molecule has 0 unspecified atom stereocenters. The first-order valence-corrected chi connectivity index (χ1v) is 7.19. The largest absolute Gasteiger partial charge is 0.489 e. The zero-order valence-electron chi connectivity index (χ0n) is 11.1. The van der Waals surface area contributed by atoms with Gasteiger partial charge in [0, 0.05) is 23.7 Å². The van der Waals surface area contributed by atoms with E-state index in [9.17, 15) is 4.39 Å². The quantitative estimate of drug-likeness (QED) is 0.870. The maximum atomic E-state index is 13.2. The van der Waals surface area contributed by atoms with Gasteiger partial charge in [0.15, 0.2) is 0 Å². The molecule has 1 aliphatic rings. The van der Waals surface area contributed by atoms with Crippen molar-refractivity contribution >= 4 is 23.3 Å². The molecule has 3 nitrogen and oxygen atoms in total. The second-order valence-electron chi connectivity index (χ2n) is 4.43. The summed E-state index contributed by atoms with van der Waals surface area (Å²) in [5.41, 5.74) is 1.99. The minimum atomic E-state index is -0.271. The Morgan fingerprint density at radius 3 is 3.00 bits per heavy atom. The van der Waals surface area contributed by atoms with Gasteiger partial charge in [0.05, 0.1) is 12.2 Å². The second-order valence-corrected chi connectivity index (χ2v) is 5.53. The average Bonchev–Trinajstić information content (AvgIpc) is 2.47. The normalized spacial score (nSPS) is 13.6. The number of fused-ring (bicyclic) bond motifs is 1. The Morgan fingerprint density at radius 2 is 2.15 bits per heavy atom. The Hall–Kier alpha value is -1.88. The van der Waals surface area contributed by atoms with Crippen LogP contribution in [0, 0.1) is 5.82 Å². The number of hydrogen-bond donors (Lipinski definition) is 1. The summed E-state index contributed by atoms with van der Waals surface area (Å²) in [5.74, 6) is 0.335. The molecule has 0 spiro atoms. The van der Waals surface area contributed by atoms with E-state index in [2.05, 4.69) is 21.8 Å². The highest BCUT2D eigenvalue weighted by Crippen LogP contribution is 2.38. The maximum absolute atomic E-state index is 13.2. The van der Waals surface area contributed by atoms with Gasteiger partial charge in [0.25, 0.3) is 0 Å². The summed E-state index contributed by atoms with van der Waals surface area (Å²) < 4.78 is 20.9. The number of hydrogen-bond acceptors (Lipinski definition) is 4. The third-order valence-corrected chi connectivity index (χ3v) is 4.15. The standard InChI is InChI=1S/C15H15FN2OS/c1-17-12-3-2-4-13(10-12)20-18-7-8-19-15-9-11(16)5-6-14(15)18/h2-6,9-10,17H,7-8H2,1H3. The lowest BCUT2D eigenvalue weighted by molar-refractivity contribution is 0.316. The minimum absolute atomic E-state index is 0.271. The Balaban J connectivity index is 1.85. The molecule has 0 radical (unpaired) electrons. The molecule has 3 rings (SSSR count). The molecule has 104 valence electrons. The zero-order chi connectivity index (χ0) is 13.9. The van der Waals surface area contributed by atoms with Crippen LogP contribution in [0.1, 0.15) is 0 Å². The average molecular weight is 290 g/mol. The highest BCUT2D eigenvalue weighted by Gasteiger charge is 2.19. The molecular formula is C15H15FN2OS. The van der Waals surface area contributed by atoms with E-state index >= 15 is 0 Å². The number of halogens is 1. The lowest BCUT2D eigenvalue weighted by Gasteiger charge is -2.30. The first-order chi connectivity index (χ1) is 9.76. The van der Waals surface area contributed by atoms with E-state index in [1.54, 1.807) is 18.0 Å². The monoisotopic (exact) mass is 290 g/mol. The van der Waals surface area contributed by atoms with E-state index in [1.165, 1.54) is 12.1 Å². The van der Waals surface area contributed by atoms with Crippen molar-refractivity contribution in [2.24, 2.45) is 0 Å². The molecule has 0 bridgehead atoms. The summed E-state index contributed by atoms with van der Waals surface area (Å²) in [6.07, 6.45) is 0. The third-order valence-electron chi connectivity index (χ3n) is 3.08. The second kappa shape index (κ2) is 5.63. The van der Waals surface area contributed by atoms with Gasteiger partial charge in [-0.15, -0.1) is 0 Å². The van der Waals surface area contributed by atoms with Crippen LogP contribution < -0.4 is 14.4 Å². The summed E-state index contributed by atoms with van der Waals surface area (Å²) >= 11 is 1.63. The highest BCUT2D eigenvalue weighted by molar-refractivity contribution is 8.00. The Kier molecular flexibility index (Phi) is 3.69. The molecule has 2 aromatic rings. The van der Waals surface area contributed by atoms with Gasteiger partial charge >= 0.3 is 0 Å². The molecule has 0 fully saturated rings. The lowest BCUT2D eigenvalue weighted by Crippen LogP contribution is -2.26. The van der Waals surface area contributed by atoms with Gasteiger partial charge in [-0.1, -0.05) is 6.07 Å². The van der Waals surface area contributed by atoms with Crippen molar-refractivity contribution < 1.29 is 9.13 Å². The maximum Gasteiger partial charge on any atom is 0.146 e. The number of rotatable bonds is 3. The SMILES string of the molecule is CNc1cccc(SN2CCOc3cc(F)ccc32)c1. The fourth-order valence-corrected chi connectivity index (χ4v) is 3.09. The molecule has 20 heavy (non-hydrogen) atoms. The molecule has 0 aliphatic carbocycles. The summed E-state index contributed by atoms with van der Waals surface area (Å²) in [5, 5.41) is 3.13. The third kappa shape index (κ3) is 2.67. The topological polar surface area (TPSA) is 24.5 Å². The molecular weight excluding hydrogens is 275 g/mol. The number of nitrogens with zero attached hydrogens (tertiary/aromatic N) is 1. The number of anilines is 2. The molecule has 0 aromatic heterocycles. The van der Waals surface area contributed by atoms with Crippen LogP contribution in [0.4, 0.5) is 15.8 Å². The number of benzene rings is 2. The van der Waals surface area contributed by atoms with Gasteiger partial charge in [-0.25, -0.2) is 4.39 Å². The zero-order valence-corrected chi connectivity index (χ0v) is 11.9. The van der Waals surface area contributed by atoms with Crippen LogP contribution in [0.25, 0.3) is 0 Å². The smallest absolute Gasteiger partial charge is 0.146 e. The van der Waals surface area contributed by atoms with Crippen molar-refractivity contribution in [1.82, 2.24) is 0 Å².